The molecule has 2 atom stereocenters. The monoisotopic (exact) mass is 352 g/mol. The molecule has 0 radical (unpaired) electrons. The van der Waals surface area contributed by atoms with Crippen LogP contribution < -0.4 is 9.80 Å². The van der Waals surface area contributed by atoms with Crippen molar-refractivity contribution < 1.29 is 23.8 Å². The Bertz CT molecular complexity index is 686. The van der Waals surface area contributed by atoms with Crippen molar-refractivity contribution >= 4 is 23.4 Å². The lowest BCUT2D eigenvalue weighted by molar-refractivity contribution is -0.127. The number of benzene rings is 1. The quantitative estimate of drug-likeness (QED) is 0.814. The highest BCUT2D eigenvalue weighted by Crippen LogP contribution is 2.29. The van der Waals surface area contributed by atoms with Gasteiger partial charge in [0, 0.05) is 26.6 Å². The molecule has 136 valence electrons. The molecule has 0 aliphatic carbocycles. The summed E-state index contributed by atoms with van der Waals surface area (Å²) in [4.78, 5) is 25.9. The number of carbonyl (C=O) groups is 2. The van der Waals surface area contributed by atoms with Gasteiger partial charge in [-0.2, -0.15) is 0 Å². The molecule has 25 heavy (non-hydrogen) atoms. The van der Waals surface area contributed by atoms with Crippen LogP contribution in [0.2, 0.25) is 0 Å². The van der Waals surface area contributed by atoms with Gasteiger partial charge in [0.05, 0.1) is 24.0 Å². The van der Waals surface area contributed by atoms with Crippen LogP contribution in [0.15, 0.2) is 18.2 Å². The molecule has 2 aliphatic heterocycles. The van der Waals surface area contributed by atoms with Gasteiger partial charge in [0.1, 0.15) is 11.9 Å². The largest absolute Gasteiger partial charge is 0.756 e. The molecule has 0 bridgehead atoms. The summed E-state index contributed by atoms with van der Waals surface area (Å²) in [6.45, 7) is 1.87. The number of hydrogen-bond acceptors (Lipinski definition) is 6. The molecular weight excluding hydrogens is 333 g/mol. The Balaban J connectivity index is 1.70. The molecule has 0 aromatic heterocycles. The maximum Gasteiger partial charge on any atom is 0.414 e. The summed E-state index contributed by atoms with van der Waals surface area (Å²) in [5.74, 6) is -1.17. The summed E-state index contributed by atoms with van der Waals surface area (Å²) in [6.07, 6.45) is -1.33. The number of carbonyl (C=O) groups excluding carboxylic acids is 2. The van der Waals surface area contributed by atoms with Crippen molar-refractivity contribution in [2.24, 2.45) is 0 Å². The predicted octanol–water partition coefficient (Wildman–Crippen LogP) is 1.07. The fourth-order valence-electron chi connectivity index (χ4n) is 3.02. The SMILES string of the molecule is CC(=O)N([O-])C[C@@H]1CN(c2ccc(N3CCC(O)C3)c(F)c2)C(=O)O1. The van der Waals surface area contributed by atoms with E-state index in [1.165, 1.54) is 11.0 Å². The van der Waals surface area contributed by atoms with E-state index in [9.17, 15) is 24.3 Å². The highest BCUT2D eigenvalue weighted by atomic mass is 19.1. The Morgan fingerprint density at radius 3 is 2.84 bits per heavy atom. The van der Waals surface area contributed by atoms with Crippen molar-refractivity contribution in [1.29, 1.82) is 0 Å². The van der Waals surface area contributed by atoms with Gasteiger partial charge in [0.15, 0.2) is 0 Å². The number of hydrogen-bond donors (Lipinski definition) is 1. The molecular formula is C16H19FN3O5-. The number of aliphatic hydroxyl groups excluding tert-OH is 1. The molecule has 1 N–H and O–H groups in total. The minimum Gasteiger partial charge on any atom is -0.756 e. The average molecular weight is 352 g/mol. The van der Waals surface area contributed by atoms with Gasteiger partial charge in [-0.15, -0.1) is 0 Å². The summed E-state index contributed by atoms with van der Waals surface area (Å²) in [7, 11) is 0. The molecule has 2 fully saturated rings. The lowest BCUT2D eigenvalue weighted by Crippen LogP contribution is -2.34. The van der Waals surface area contributed by atoms with Crippen LogP contribution in [0.3, 0.4) is 0 Å². The number of amides is 2. The second kappa shape index (κ2) is 6.85. The highest BCUT2D eigenvalue weighted by Gasteiger charge is 2.33. The number of halogens is 1. The second-order valence-corrected chi connectivity index (χ2v) is 6.22. The zero-order chi connectivity index (χ0) is 18.1. The van der Waals surface area contributed by atoms with E-state index < -0.39 is 30.0 Å². The lowest BCUT2D eigenvalue weighted by atomic mass is 10.2. The molecule has 9 heteroatoms. The van der Waals surface area contributed by atoms with Gasteiger partial charge in [-0.25, -0.2) is 9.18 Å². The van der Waals surface area contributed by atoms with Crippen LogP contribution in [-0.2, 0) is 9.53 Å². The van der Waals surface area contributed by atoms with Gasteiger partial charge in [-0.1, -0.05) is 0 Å². The fraction of sp³-hybridized carbons (Fsp3) is 0.500. The van der Waals surface area contributed by atoms with Crippen molar-refractivity contribution in [1.82, 2.24) is 5.06 Å². The molecule has 3 rings (SSSR count). The first-order valence-corrected chi connectivity index (χ1v) is 8.01. The summed E-state index contributed by atoms with van der Waals surface area (Å²) in [6, 6.07) is 4.37. The number of nitrogens with zero attached hydrogens (tertiary/aromatic N) is 3. The number of rotatable bonds is 4. The minimum absolute atomic E-state index is 0.0616. The van der Waals surface area contributed by atoms with E-state index in [0.29, 0.717) is 30.9 Å². The Hall–Kier alpha value is -2.39. The summed E-state index contributed by atoms with van der Waals surface area (Å²) < 4.78 is 19.5. The molecule has 2 heterocycles. The third kappa shape index (κ3) is 3.67. The van der Waals surface area contributed by atoms with E-state index in [2.05, 4.69) is 0 Å². The summed E-state index contributed by atoms with van der Waals surface area (Å²) in [5.41, 5.74) is 0.681. The van der Waals surface area contributed by atoms with Gasteiger partial charge < -0.3 is 25.0 Å². The van der Waals surface area contributed by atoms with Gasteiger partial charge >= 0.3 is 6.09 Å². The van der Waals surface area contributed by atoms with E-state index in [0.717, 1.165) is 6.92 Å². The molecule has 2 saturated heterocycles. The smallest absolute Gasteiger partial charge is 0.414 e. The molecule has 1 unspecified atom stereocenters. The Morgan fingerprint density at radius 1 is 1.48 bits per heavy atom. The number of β-amino-alcohol motifs (C(OH)–C–C–N with tert-alkyl or cyclic N) is 1. The summed E-state index contributed by atoms with van der Waals surface area (Å²) >= 11 is 0. The predicted molar refractivity (Wildman–Crippen MR) is 87.6 cm³/mol. The van der Waals surface area contributed by atoms with Crippen molar-refractivity contribution in [2.75, 3.05) is 36.0 Å². The third-order valence-corrected chi connectivity index (χ3v) is 4.34. The van der Waals surface area contributed by atoms with Gasteiger partial charge in [0.2, 0.25) is 5.91 Å². The molecule has 1 aromatic carbocycles. The van der Waals surface area contributed by atoms with Crippen LogP contribution >= 0.6 is 0 Å². The van der Waals surface area contributed by atoms with Crippen LogP contribution in [0.1, 0.15) is 13.3 Å². The van der Waals surface area contributed by atoms with Crippen LogP contribution in [-0.4, -0.2) is 60.6 Å². The fourth-order valence-corrected chi connectivity index (χ4v) is 3.02. The highest BCUT2D eigenvalue weighted by molar-refractivity contribution is 5.90. The second-order valence-electron chi connectivity index (χ2n) is 6.22. The standard InChI is InChI=1S/C16H19FN3O5/c1-10(21)20(24)9-13-8-19(16(23)25-13)11-2-3-15(14(17)6-11)18-5-4-12(22)7-18/h2-3,6,12-13,22H,4-5,7-9H2,1H3/q-1/t12?,13-/m0/s1. The van der Waals surface area contributed by atoms with Gasteiger partial charge in [-0.05, 0) is 24.6 Å². The zero-order valence-corrected chi connectivity index (χ0v) is 13.7. The maximum atomic E-state index is 14.4. The first-order chi connectivity index (χ1) is 11.8. The van der Waals surface area contributed by atoms with Crippen LogP contribution in [0.5, 0.6) is 0 Å². The summed E-state index contributed by atoms with van der Waals surface area (Å²) in [5, 5.41) is 21.2. The van der Waals surface area contributed by atoms with Crippen molar-refractivity contribution in [3.63, 3.8) is 0 Å². The van der Waals surface area contributed by atoms with E-state index in [4.69, 9.17) is 4.74 Å². The Kier molecular flexibility index (Phi) is 4.78. The lowest BCUT2D eigenvalue weighted by Gasteiger charge is -2.28. The van der Waals surface area contributed by atoms with Gasteiger partial charge in [-0.3, -0.25) is 9.69 Å². The van der Waals surface area contributed by atoms with Crippen molar-refractivity contribution in [3.8, 4) is 0 Å². The zero-order valence-electron chi connectivity index (χ0n) is 13.7. The number of ether oxygens (including phenoxy) is 1. The number of aliphatic hydroxyl groups is 1. The first-order valence-electron chi connectivity index (χ1n) is 8.01. The van der Waals surface area contributed by atoms with Crippen molar-refractivity contribution in [3.05, 3.63) is 29.2 Å². The third-order valence-electron chi connectivity index (χ3n) is 4.34. The topological polar surface area (TPSA) is 96.4 Å². The average Bonchev–Trinajstić information content (AvgIpc) is 3.13. The van der Waals surface area contributed by atoms with Crippen LogP contribution in [0.25, 0.3) is 0 Å². The van der Waals surface area contributed by atoms with E-state index in [1.54, 1.807) is 17.0 Å². The molecule has 2 amide bonds. The molecule has 0 spiro atoms. The number of cyclic esters (lactones) is 1. The molecule has 2 aliphatic rings. The van der Waals surface area contributed by atoms with E-state index in [-0.39, 0.29) is 18.2 Å². The van der Waals surface area contributed by atoms with Gasteiger partial charge in [0.25, 0.3) is 0 Å². The maximum absolute atomic E-state index is 14.4. The van der Waals surface area contributed by atoms with E-state index in [1.807, 2.05) is 0 Å². The normalized spacial score (nSPS) is 23.1. The molecule has 1 aromatic rings. The van der Waals surface area contributed by atoms with Crippen LogP contribution in [0, 0.1) is 11.0 Å². The van der Waals surface area contributed by atoms with E-state index >= 15 is 0 Å². The number of anilines is 2. The molecule has 8 nitrogen and oxygen atoms in total. The van der Waals surface area contributed by atoms with Crippen LogP contribution in [0.4, 0.5) is 20.6 Å². The Morgan fingerprint density at radius 2 is 2.24 bits per heavy atom. The van der Waals surface area contributed by atoms with Crippen molar-refractivity contribution in [2.45, 2.75) is 25.6 Å². The minimum atomic E-state index is -0.759. The molecule has 0 saturated carbocycles. The number of hydroxylamine groups is 2. The first kappa shape index (κ1) is 17.4. The Labute approximate surface area is 143 Å².